The Balaban J connectivity index is 1.80. The summed E-state index contributed by atoms with van der Waals surface area (Å²) in [7, 11) is 0. The zero-order chi connectivity index (χ0) is 25.8. The predicted molar refractivity (Wildman–Crippen MR) is 146 cm³/mol. The van der Waals surface area contributed by atoms with Crippen LogP contribution in [0.3, 0.4) is 0 Å². The number of nitrogens with zero attached hydrogens (tertiary/aromatic N) is 4. The average molecular weight is 493 g/mol. The fourth-order valence-corrected chi connectivity index (χ4v) is 4.48. The molecule has 5 aromatic rings. The molecule has 0 spiro atoms. The van der Waals surface area contributed by atoms with E-state index in [0.29, 0.717) is 35.9 Å². The summed E-state index contributed by atoms with van der Waals surface area (Å²) in [6.45, 7) is 7.14. The fourth-order valence-electron chi connectivity index (χ4n) is 4.48. The number of ether oxygens (including phenoxy) is 1. The molecule has 0 fully saturated rings. The van der Waals surface area contributed by atoms with E-state index in [1.807, 2.05) is 102 Å². The average Bonchev–Trinajstić information content (AvgIpc) is 3.30. The van der Waals surface area contributed by atoms with E-state index in [-0.39, 0.29) is 13.1 Å². The quantitative estimate of drug-likeness (QED) is 0.284. The van der Waals surface area contributed by atoms with E-state index >= 15 is 0 Å². The molecule has 186 valence electrons. The highest BCUT2D eigenvalue weighted by atomic mass is 16.5. The SMILES string of the molecule is C=C(OCC)c1nc2c(c(=O)n(Cc3ccccc3)c(=O)n2Cc2ccccc2)n1Cc1ccccc1. The van der Waals surface area contributed by atoms with Gasteiger partial charge in [-0.25, -0.2) is 9.78 Å². The maximum absolute atomic E-state index is 14.0. The second-order valence-electron chi connectivity index (χ2n) is 8.77. The van der Waals surface area contributed by atoms with Gasteiger partial charge in [0, 0.05) is 0 Å². The Kier molecular flexibility index (Phi) is 6.85. The first-order valence-corrected chi connectivity index (χ1v) is 12.2. The van der Waals surface area contributed by atoms with Crippen molar-refractivity contribution < 1.29 is 4.74 Å². The Bertz CT molecular complexity index is 1650. The molecule has 3 aromatic carbocycles. The van der Waals surface area contributed by atoms with Gasteiger partial charge in [-0.15, -0.1) is 0 Å². The minimum atomic E-state index is -0.414. The largest absolute Gasteiger partial charge is 0.491 e. The molecule has 0 aliphatic rings. The Morgan fingerprint density at radius 1 is 0.730 bits per heavy atom. The summed E-state index contributed by atoms with van der Waals surface area (Å²) < 4.78 is 10.4. The first kappa shape index (κ1) is 24.1. The van der Waals surface area contributed by atoms with Gasteiger partial charge in [0.2, 0.25) is 0 Å². The molecule has 0 atom stereocenters. The van der Waals surface area contributed by atoms with Crippen LogP contribution >= 0.6 is 0 Å². The Morgan fingerprint density at radius 2 is 1.19 bits per heavy atom. The van der Waals surface area contributed by atoms with Gasteiger partial charge < -0.3 is 9.30 Å². The van der Waals surface area contributed by atoms with Crippen LogP contribution in [-0.4, -0.2) is 25.3 Å². The van der Waals surface area contributed by atoms with Gasteiger partial charge in [-0.2, -0.15) is 0 Å². The topological polar surface area (TPSA) is 71.1 Å². The molecule has 2 heterocycles. The van der Waals surface area contributed by atoms with Crippen molar-refractivity contribution in [1.29, 1.82) is 0 Å². The Hall–Kier alpha value is -4.65. The molecule has 0 saturated carbocycles. The standard InChI is InChI=1S/C30H28N4O3/c1-3-37-22(2)27-31-28-26(32(27)19-23-13-7-4-8-14-23)29(35)34(21-25-17-11-6-12-18-25)30(36)33(28)20-24-15-9-5-10-16-24/h4-18H,2-3,19-21H2,1H3. The maximum Gasteiger partial charge on any atom is 0.333 e. The molecule has 0 aliphatic carbocycles. The first-order chi connectivity index (χ1) is 18.1. The highest BCUT2D eigenvalue weighted by molar-refractivity contribution is 5.75. The smallest absolute Gasteiger partial charge is 0.333 e. The normalized spacial score (nSPS) is 11.1. The van der Waals surface area contributed by atoms with Gasteiger partial charge >= 0.3 is 5.69 Å². The summed E-state index contributed by atoms with van der Waals surface area (Å²) in [5.41, 5.74) is 2.62. The Labute approximate surface area is 214 Å². The lowest BCUT2D eigenvalue weighted by Gasteiger charge is -2.14. The third-order valence-electron chi connectivity index (χ3n) is 6.23. The number of hydrogen-bond acceptors (Lipinski definition) is 4. The molecule has 0 amide bonds. The van der Waals surface area contributed by atoms with Gasteiger partial charge in [-0.3, -0.25) is 13.9 Å². The number of aromatic nitrogens is 4. The molecule has 2 aromatic heterocycles. The number of hydrogen-bond donors (Lipinski definition) is 0. The highest BCUT2D eigenvalue weighted by Gasteiger charge is 2.24. The molecule has 37 heavy (non-hydrogen) atoms. The van der Waals surface area contributed by atoms with Crippen molar-refractivity contribution >= 4 is 16.9 Å². The van der Waals surface area contributed by atoms with Crippen molar-refractivity contribution in [3.63, 3.8) is 0 Å². The second kappa shape index (κ2) is 10.5. The molecule has 0 aliphatic heterocycles. The van der Waals surface area contributed by atoms with E-state index in [1.165, 1.54) is 4.57 Å². The van der Waals surface area contributed by atoms with E-state index in [0.717, 1.165) is 16.7 Å². The minimum absolute atomic E-state index is 0.154. The summed E-state index contributed by atoms with van der Waals surface area (Å²) in [6, 6.07) is 29.0. The molecular weight excluding hydrogens is 464 g/mol. The molecule has 0 saturated heterocycles. The van der Waals surface area contributed by atoms with Crippen molar-refractivity contribution in [2.24, 2.45) is 0 Å². The molecule has 0 N–H and O–H groups in total. The van der Waals surface area contributed by atoms with Crippen LogP contribution in [0, 0.1) is 0 Å². The minimum Gasteiger partial charge on any atom is -0.491 e. The molecule has 0 bridgehead atoms. The zero-order valence-electron chi connectivity index (χ0n) is 20.7. The van der Waals surface area contributed by atoms with E-state index < -0.39 is 11.2 Å². The molecular formula is C30H28N4O3. The first-order valence-electron chi connectivity index (χ1n) is 12.2. The van der Waals surface area contributed by atoms with Gasteiger partial charge in [0.25, 0.3) is 5.56 Å². The van der Waals surface area contributed by atoms with E-state index in [9.17, 15) is 9.59 Å². The van der Waals surface area contributed by atoms with E-state index in [2.05, 4.69) is 6.58 Å². The van der Waals surface area contributed by atoms with Crippen LogP contribution in [-0.2, 0) is 24.4 Å². The van der Waals surface area contributed by atoms with Crippen molar-refractivity contribution in [3.05, 3.63) is 141 Å². The van der Waals surface area contributed by atoms with Crippen LogP contribution in [0.1, 0.15) is 29.4 Å². The van der Waals surface area contributed by atoms with Crippen molar-refractivity contribution in [2.75, 3.05) is 6.61 Å². The second-order valence-corrected chi connectivity index (χ2v) is 8.77. The van der Waals surface area contributed by atoms with Crippen LogP contribution in [0.5, 0.6) is 0 Å². The van der Waals surface area contributed by atoms with Crippen molar-refractivity contribution in [3.8, 4) is 0 Å². The third-order valence-corrected chi connectivity index (χ3v) is 6.23. The fraction of sp³-hybridized carbons (Fsp3) is 0.167. The number of fused-ring (bicyclic) bond motifs is 1. The maximum atomic E-state index is 14.0. The lowest BCUT2D eigenvalue weighted by atomic mass is 10.2. The Morgan fingerprint density at radius 3 is 1.68 bits per heavy atom. The van der Waals surface area contributed by atoms with Gasteiger partial charge in [0.15, 0.2) is 22.7 Å². The van der Waals surface area contributed by atoms with Crippen LogP contribution in [0.25, 0.3) is 16.9 Å². The number of rotatable bonds is 9. The highest BCUT2D eigenvalue weighted by Crippen LogP contribution is 2.21. The van der Waals surface area contributed by atoms with Gasteiger partial charge in [-0.05, 0) is 23.6 Å². The van der Waals surface area contributed by atoms with Crippen LogP contribution < -0.4 is 11.2 Å². The zero-order valence-corrected chi connectivity index (χ0v) is 20.7. The van der Waals surface area contributed by atoms with Gasteiger partial charge in [0.1, 0.15) is 0 Å². The summed E-state index contributed by atoms with van der Waals surface area (Å²) in [6.07, 6.45) is 0. The third kappa shape index (κ3) is 4.89. The summed E-state index contributed by atoms with van der Waals surface area (Å²) in [5, 5.41) is 0. The van der Waals surface area contributed by atoms with Crippen LogP contribution in [0.2, 0.25) is 0 Å². The molecule has 0 radical (unpaired) electrons. The van der Waals surface area contributed by atoms with Crippen molar-refractivity contribution in [2.45, 2.75) is 26.6 Å². The lowest BCUT2D eigenvalue weighted by Crippen LogP contribution is -2.41. The van der Waals surface area contributed by atoms with Gasteiger partial charge in [0.05, 0.1) is 26.2 Å². The van der Waals surface area contributed by atoms with Gasteiger partial charge in [-0.1, -0.05) is 97.6 Å². The molecule has 0 unspecified atom stereocenters. The van der Waals surface area contributed by atoms with Crippen LogP contribution in [0.4, 0.5) is 0 Å². The summed E-state index contributed by atoms with van der Waals surface area (Å²) in [4.78, 5) is 32.6. The predicted octanol–water partition coefficient (Wildman–Crippen LogP) is 4.51. The molecule has 5 rings (SSSR count). The van der Waals surface area contributed by atoms with Crippen molar-refractivity contribution in [1.82, 2.24) is 18.7 Å². The molecule has 7 nitrogen and oxygen atoms in total. The molecule has 7 heteroatoms. The van der Waals surface area contributed by atoms with Crippen LogP contribution in [0.15, 0.2) is 107 Å². The van der Waals surface area contributed by atoms with E-state index in [1.54, 1.807) is 4.57 Å². The van der Waals surface area contributed by atoms with E-state index in [4.69, 9.17) is 9.72 Å². The monoisotopic (exact) mass is 492 g/mol. The number of benzene rings is 3. The number of imidazole rings is 1. The summed E-state index contributed by atoms with van der Waals surface area (Å²) in [5.74, 6) is 0.777. The summed E-state index contributed by atoms with van der Waals surface area (Å²) >= 11 is 0. The lowest BCUT2D eigenvalue weighted by molar-refractivity contribution is 0.295.